The normalized spacial score (nSPS) is 9.27. The fraction of sp³-hybridized carbons (Fsp3) is 0.250. The molecule has 2 N–H and O–H groups in total. The zero-order chi connectivity index (χ0) is 8.10. The molecule has 0 saturated heterocycles. The maximum Gasteiger partial charge on any atom is 0.0662 e. The molecule has 0 amide bonds. The Morgan fingerprint density at radius 2 is 1.91 bits per heavy atom. The number of nitrogens with one attached hydrogen (secondary N) is 2. The molecule has 0 atom stereocenters. The molecule has 1 aromatic carbocycles. The van der Waals surface area contributed by atoms with Crippen molar-refractivity contribution in [3.63, 3.8) is 0 Å². The van der Waals surface area contributed by atoms with Crippen LogP contribution < -0.4 is 8.85 Å². The number of rotatable bonds is 3. The van der Waals surface area contributed by atoms with Gasteiger partial charge in [0, 0.05) is 6.54 Å². The van der Waals surface area contributed by atoms with E-state index in [1.54, 1.807) is 0 Å². The molecule has 0 aliphatic carbocycles. The van der Waals surface area contributed by atoms with Crippen molar-refractivity contribution >= 4 is 34.2 Å². The average Bonchev–Trinajstić information content (AvgIpc) is 2.06. The quantitative estimate of drug-likeness (QED) is 0.646. The van der Waals surface area contributed by atoms with Crippen LogP contribution in [0.25, 0.3) is 0 Å². The largest absolute Gasteiger partial charge is 0.384 e. The highest BCUT2D eigenvalue weighted by Crippen LogP contribution is 2.21. The van der Waals surface area contributed by atoms with Crippen molar-refractivity contribution in [3.8, 4) is 0 Å². The topological polar surface area (TPSA) is 24.1 Å². The van der Waals surface area contributed by atoms with Crippen molar-refractivity contribution in [3.05, 3.63) is 24.3 Å². The van der Waals surface area contributed by atoms with E-state index in [-0.39, 0.29) is 0 Å². The summed E-state index contributed by atoms with van der Waals surface area (Å²) in [6.45, 7) is 3.04. The van der Waals surface area contributed by atoms with E-state index in [1.807, 2.05) is 18.2 Å². The number of hydrogen-bond acceptors (Lipinski definition) is 2. The lowest BCUT2D eigenvalue weighted by atomic mass is 10.3. The van der Waals surface area contributed by atoms with Crippen molar-refractivity contribution in [1.29, 1.82) is 0 Å². The summed E-state index contributed by atoms with van der Waals surface area (Å²) < 4.78 is 3.09. The molecule has 60 valence electrons. The van der Waals surface area contributed by atoms with Gasteiger partial charge in [0.2, 0.25) is 0 Å². The molecule has 0 aromatic heterocycles. The Balaban J connectivity index is 2.83. The molecule has 0 bridgehead atoms. The van der Waals surface area contributed by atoms with Gasteiger partial charge in [0.1, 0.15) is 0 Å². The second-order valence-electron chi connectivity index (χ2n) is 2.17. The molecule has 0 unspecified atom stereocenters. The van der Waals surface area contributed by atoms with Crippen molar-refractivity contribution < 1.29 is 0 Å². The van der Waals surface area contributed by atoms with Crippen molar-refractivity contribution in [1.82, 2.24) is 0 Å². The SMILES string of the molecule is CCNc1ccccc1NI. The summed E-state index contributed by atoms with van der Waals surface area (Å²) in [5.74, 6) is 0. The van der Waals surface area contributed by atoms with Gasteiger partial charge in [-0.15, -0.1) is 0 Å². The molecular formula is C8H11IN2. The van der Waals surface area contributed by atoms with Gasteiger partial charge in [-0.3, -0.25) is 0 Å². The third-order valence-corrected chi connectivity index (χ3v) is 1.98. The monoisotopic (exact) mass is 262 g/mol. The fourth-order valence-electron chi connectivity index (χ4n) is 0.910. The minimum atomic E-state index is 0.954. The highest BCUT2D eigenvalue weighted by atomic mass is 127. The van der Waals surface area contributed by atoms with Crippen LogP contribution in [0.2, 0.25) is 0 Å². The third-order valence-electron chi connectivity index (χ3n) is 1.40. The summed E-state index contributed by atoms with van der Waals surface area (Å²) in [5, 5.41) is 3.26. The Hall–Kier alpha value is -0.450. The Kier molecular flexibility index (Phi) is 3.48. The minimum Gasteiger partial charge on any atom is -0.384 e. The second kappa shape index (κ2) is 4.43. The molecule has 2 nitrogen and oxygen atoms in total. The lowest BCUT2D eigenvalue weighted by molar-refractivity contribution is 1.21. The standard InChI is InChI=1S/C8H11IN2/c1-2-10-7-5-3-4-6-8(7)11-9/h3-6,10-11H,2H2,1H3. The van der Waals surface area contributed by atoms with Crippen LogP contribution in [-0.2, 0) is 0 Å². The first-order valence-electron chi connectivity index (χ1n) is 3.58. The van der Waals surface area contributed by atoms with E-state index in [4.69, 9.17) is 0 Å². The summed E-state index contributed by atoms with van der Waals surface area (Å²) >= 11 is 2.13. The molecule has 0 spiro atoms. The number of anilines is 2. The molecule has 1 rings (SSSR count). The maximum absolute atomic E-state index is 3.26. The van der Waals surface area contributed by atoms with Crippen LogP contribution in [0.1, 0.15) is 6.92 Å². The van der Waals surface area contributed by atoms with Crippen LogP contribution in [0, 0.1) is 0 Å². The van der Waals surface area contributed by atoms with Gasteiger partial charge in [0.05, 0.1) is 34.2 Å². The predicted octanol–water partition coefficient (Wildman–Crippen LogP) is 2.88. The summed E-state index contributed by atoms with van der Waals surface area (Å²) in [7, 11) is 0. The fourth-order valence-corrected chi connectivity index (χ4v) is 1.38. The van der Waals surface area contributed by atoms with Crippen molar-refractivity contribution in [2.24, 2.45) is 0 Å². The van der Waals surface area contributed by atoms with E-state index < -0.39 is 0 Å². The van der Waals surface area contributed by atoms with Crippen LogP contribution in [0.3, 0.4) is 0 Å². The number of benzene rings is 1. The summed E-state index contributed by atoms with van der Waals surface area (Å²) in [4.78, 5) is 0. The van der Waals surface area contributed by atoms with E-state index in [9.17, 15) is 0 Å². The van der Waals surface area contributed by atoms with Crippen LogP contribution in [0.5, 0.6) is 0 Å². The van der Waals surface area contributed by atoms with E-state index in [2.05, 4.69) is 44.7 Å². The van der Waals surface area contributed by atoms with Crippen LogP contribution in [-0.4, -0.2) is 6.54 Å². The van der Waals surface area contributed by atoms with E-state index in [0.29, 0.717) is 0 Å². The lowest BCUT2D eigenvalue weighted by Crippen LogP contribution is -1.98. The molecule has 0 radical (unpaired) electrons. The summed E-state index contributed by atoms with van der Waals surface area (Å²) in [5.41, 5.74) is 2.29. The van der Waals surface area contributed by atoms with Gasteiger partial charge in [0.15, 0.2) is 0 Å². The van der Waals surface area contributed by atoms with Gasteiger partial charge in [-0.1, -0.05) is 12.1 Å². The molecule has 11 heavy (non-hydrogen) atoms. The molecule has 1 aromatic rings. The van der Waals surface area contributed by atoms with E-state index >= 15 is 0 Å². The summed E-state index contributed by atoms with van der Waals surface area (Å²) in [6, 6.07) is 8.15. The van der Waals surface area contributed by atoms with Gasteiger partial charge >= 0.3 is 0 Å². The van der Waals surface area contributed by atoms with E-state index in [1.165, 1.54) is 0 Å². The Bertz CT molecular complexity index is 225. The average molecular weight is 262 g/mol. The van der Waals surface area contributed by atoms with Crippen molar-refractivity contribution in [2.75, 3.05) is 15.4 Å². The zero-order valence-electron chi connectivity index (χ0n) is 6.39. The number of hydrogen-bond donors (Lipinski definition) is 2. The van der Waals surface area contributed by atoms with Gasteiger partial charge in [-0.2, -0.15) is 0 Å². The number of para-hydroxylation sites is 2. The Morgan fingerprint density at radius 1 is 1.27 bits per heavy atom. The van der Waals surface area contributed by atoms with Crippen LogP contribution >= 0.6 is 22.9 Å². The second-order valence-corrected chi connectivity index (χ2v) is 2.71. The molecule has 0 saturated carbocycles. The molecule has 0 fully saturated rings. The number of halogens is 1. The Labute approximate surface area is 80.9 Å². The first kappa shape index (κ1) is 8.64. The highest BCUT2D eigenvalue weighted by molar-refractivity contribution is 14.1. The van der Waals surface area contributed by atoms with Gasteiger partial charge < -0.3 is 8.85 Å². The van der Waals surface area contributed by atoms with Crippen molar-refractivity contribution in [2.45, 2.75) is 6.92 Å². The molecule has 3 heteroatoms. The molecule has 0 aliphatic heterocycles. The Morgan fingerprint density at radius 3 is 2.45 bits per heavy atom. The van der Waals surface area contributed by atoms with Gasteiger partial charge in [-0.05, 0) is 19.1 Å². The first-order chi connectivity index (χ1) is 5.38. The van der Waals surface area contributed by atoms with Gasteiger partial charge in [-0.25, -0.2) is 0 Å². The molecule has 0 aliphatic rings. The van der Waals surface area contributed by atoms with Crippen LogP contribution in [0.15, 0.2) is 24.3 Å². The minimum absolute atomic E-state index is 0.954. The van der Waals surface area contributed by atoms with Gasteiger partial charge in [0.25, 0.3) is 0 Å². The molecule has 0 heterocycles. The lowest BCUT2D eigenvalue weighted by Gasteiger charge is -2.07. The first-order valence-corrected chi connectivity index (χ1v) is 4.66. The molecular weight excluding hydrogens is 251 g/mol. The van der Waals surface area contributed by atoms with Crippen LogP contribution in [0.4, 0.5) is 11.4 Å². The predicted molar refractivity (Wildman–Crippen MR) is 58.2 cm³/mol. The summed E-state index contributed by atoms with van der Waals surface area (Å²) in [6.07, 6.45) is 0. The smallest absolute Gasteiger partial charge is 0.0662 e. The third kappa shape index (κ3) is 2.25. The maximum atomic E-state index is 3.26. The van der Waals surface area contributed by atoms with E-state index in [0.717, 1.165) is 17.9 Å². The highest BCUT2D eigenvalue weighted by Gasteiger charge is 1.95. The zero-order valence-corrected chi connectivity index (χ0v) is 8.55.